The summed E-state index contributed by atoms with van der Waals surface area (Å²) in [6.07, 6.45) is 6.84. The molecule has 1 aromatic heterocycles. The van der Waals surface area contributed by atoms with Gasteiger partial charge in [-0.2, -0.15) is 0 Å². The van der Waals surface area contributed by atoms with Crippen molar-refractivity contribution >= 4 is 5.91 Å². The molecule has 0 saturated carbocycles. The van der Waals surface area contributed by atoms with Crippen molar-refractivity contribution in [1.82, 2.24) is 20.2 Å². The number of aromatic nitrogens is 2. The lowest BCUT2D eigenvalue weighted by molar-refractivity contribution is 0.0920. The summed E-state index contributed by atoms with van der Waals surface area (Å²) in [7, 11) is 0. The minimum Gasteiger partial charge on any atom is -0.349 e. The quantitative estimate of drug-likeness (QED) is 0.891. The largest absolute Gasteiger partial charge is 0.349 e. The van der Waals surface area contributed by atoms with E-state index in [2.05, 4.69) is 44.5 Å². The van der Waals surface area contributed by atoms with Crippen LogP contribution >= 0.6 is 0 Å². The van der Waals surface area contributed by atoms with Gasteiger partial charge < -0.3 is 10.3 Å². The number of H-pyrrole nitrogens is 1. The molecule has 0 unspecified atom stereocenters. The van der Waals surface area contributed by atoms with Gasteiger partial charge in [-0.05, 0) is 31.5 Å². The van der Waals surface area contributed by atoms with Crippen LogP contribution in [0.25, 0.3) is 0 Å². The average molecular weight is 298 g/mol. The third kappa shape index (κ3) is 3.54. The summed E-state index contributed by atoms with van der Waals surface area (Å²) in [5.41, 5.74) is 1.76. The monoisotopic (exact) mass is 298 g/mol. The molecule has 116 valence electrons. The van der Waals surface area contributed by atoms with Crippen LogP contribution < -0.4 is 5.32 Å². The van der Waals surface area contributed by atoms with Crippen molar-refractivity contribution in [3.05, 3.63) is 54.1 Å². The van der Waals surface area contributed by atoms with E-state index in [4.69, 9.17) is 0 Å². The van der Waals surface area contributed by atoms with Crippen LogP contribution in [0.1, 0.15) is 41.4 Å². The zero-order chi connectivity index (χ0) is 15.2. The third-order valence-electron chi connectivity index (χ3n) is 4.21. The van der Waals surface area contributed by atoms with Crippen molar-refractivity contribution in [2.45, 2.75) is 25.3 Å². The molecule has 3 rings (SSSR count). The standard InChI is InChI=1S/C17H22N4O/c22-17(15-11-18-13-20-15)19-12-16(14-7-3-1-4-8-14)21-9-5-2-6-10-21/h1,3-4,7-8,11,13,16H,2,5-6,9-10,12H2,(H,18,20)(H,19,22)/t16-/m0/s1. The molecular formula is C17H22N4O. The Kier molecular flexibility index (Phi) is 4.85. The van der Waals surface area contributed by atoms with Crippen molar-refractivity contribution < 1.29 is 4.79 Å². The van der Waals surface area contributed by atoms with Gasteiger partial charge in [-0.3, -0.25) is 9.69 Å². The molecule has 2 N–H and O–H groups in total. The molecule has 22 heavy (non-hydrogen) atoms. The van der Waals surface area contributed by atoms with Gasteiger partial charge in [0.1, 0.15) is 5.69 Å². The van der Waals surface area contributed by atoms with Crippen LogP contribution in [-0.4, -0.2) is 40.4 Å². The van der Waals surface area contributed by atoms with E-state index < -0.39 is 0 Å². The zero-order valence-electron chi connectivity index (χ0n) is 12.7. The number of amides is 1. The van der Waals surface area contributed by atoms with Crippen molar-refractivity contribution in [2.24, 2.45) is 0 Å². The first-order valence-electron chi connectivity index (χ1n) is 7.90. The number of piperidine rings is 1. The number of hydrogen-bond acceptors (Lipinski definition) is 3. The van der Waals surface area contributed by atoms with E-state index >= 15 is 0 Å². The Labute approximate surface area is 130 Å². The summed E-state index contributed by atoms with van der Waals surface area (Å²) in [6.45, 7) is 2.81. The summed E-state index contributed by atoms with van der Waals surface area (Å²) in [4.78, 5) is 21.3. The van der Waals surface area contributed by atoms with Crippen LogP contribution in [0.3, 0.4) is 0 Å². The van der Waals surface area contributed by atoms with Gasteiger partial charge in [0.2, 0.25) is 0 Å². The fourth-order valence-corrected chi connectivity index (χ4v) is 3.03. The number of likely N-dealkylation sites (tertiary alicyclic amines) is 1. The molecule has 5 nitrogen and oxygen atoms in total. The second kappa shape index (κ2) is 7.22. The zero-order valence-corrected chi connectivity index (χ0v) is 12.7. The van der Waals surface area contributed by atoms with Crippen molar-refractivity contribution in [2.75, 3.05) is 19.6 Å². The molecule has 1 aliphatic rings. The van der Waals surface area contributed by atoms with E-state index in [0.717, 1.165) is 13.1 Å². The molecular weight excluding hydrogens is 276 g/mol. The van der Waals surface area contributed by atoms with Crippen LogP contribution in [0, 0.1) is 0 Å². The first kappa shape index (κ1) is 14.8. The smallest absolute Gasteiger partial charge is 0.269 e. The number of benzene rings is 1. The normalized spacial score (nSPS) is 17.1. The minimum atomic E-state index is -0.101. The highest BCUT2D eigenvalue weighted by Crippen LogP contribution is 2.24. The number of aromatic amines is 1. The number of carbonyl (C=O) groups is 1. The van der Waals surface area contributed by atoms with E-state index in [1.165, 1.54) is 31.2 Å². The minimum absolute atomic E-state index is 0.101. The molecule has 2 aromatic rings. The fourth-order valence-electron chi connectivity index (χ4n) is 3.03. The molecule has 0 spiro atoms. The van der Waals surface area contributed by atoms with Crippen LogP contribution in [0.5, 0.6) is 0 Å². The molecule has 5 heteroatoms. The Hall–Kier alpha value is -2.14. The van der Waals surface area contributed by atoms with Gasteiger partial charge in [0, 0.05) is 6.54 Å². The summed E-state index contributed by atoms with van der Waals surface area (Å²) >= 11 is 0. The number of nitrogens with zero attached hydrogens (tertiary/aromatic N) is 2. The third-order valence-corrected chi connectivity index (χ3v) is 4.21. The van der Waals surface area contributed by atoms with Gasteiger partial charge in [-0.25, -0.2) is 4.98 Å². The van der Waals surface area contributed by atoms with Crippen molar-refractivity contribution in [3.63, 3.8) is 0 Å². The van der Waals surface area contributed by atoms with Crippen LogP contribution in [0.2, 0.25) is 0 Å². The van der Waals surface area contributed by atoms with E-state index in [1.54, 1.807) is 6.20 Å². The molecule has 1 aliphatic heterocycles. The molecule has 1 saturated heterocycles. The Morgan fingerprint density at radius 3 is 2.68 bits per heavy atom. The molecule has 0 aliphatic carbocycles. The lowest BCUT2D eigenvalue weighted by Gasteiger charge is -2.35. The van der Waals surface area contributed by atoms with Gasteiger partial charge in [0.15, 0.2) is 0 Å². The maximum atomic E-state index is 12.1. The Balaban J connectivity index is 1.69. The Bertz CT molecular complexity index is 576. The molecule has 1 aromatic carbocycles. The molecule has 1 fully saturated rings. The molecule has 0 bridgehead atoms. The van der Waals surface area contributed by atoms with E-state index in [9.17, 15) is 4.79 Å². The topological polar surface area (TPSA) is 61.0 Å². The first-order valence-corrected chi connectivity index (χ1v) is 7.90. The fraction of sp³-hybridized carbons (Fsp3) is 0.412. The van der Waals surface area contributed by atoms with Gasteiger partial charge in [0.25, 0.3) is 5.91 Å². The van der Waals surface area contributed by atoms with Crippen molar-refractivity contribution in [1.29, 1.82) is 0 Å². The molecule has 0 radical (unpaired) electrons. The van der Waals surface area contributed by atoms with Gasteiger partial charge in [-0.1, -0.05) is 36.8 Å². The highest BCUT2D eigenvalue weighted by atomic mass is 16.1. The summed E-state index contributed by atoms with van der Waals surface area (Å²) < 4.78 is 0. The molecule has 2 heterocycles. The Morgan fingerprint density at radius 1 is 1.23 bits per heavy atom. The summed E-state index contributed by atoms with van der Waals surface area (Å²) in [5.74, 6) is -0.101. The molecule has 1 atom stereocenters. The van der Waals surface area contributed by atoms with Gasteiger partial charge in [-0.15, -0.1) is 0 Å². The number of hydrogen-bond donors (Lipinski definition) is 2. The van der Waals surface area contributed by atoms with Crippen LogP contribution in [-0.2, 0) is 0 Å². The maximum absolute atomic E-state index is 12.1. The predicted octanol–water partition coefficient (Wildman–Crippen LogP) is 2.37. The second-order valence-corrected chi connectivity index (χ2v) is 5.70. The number of imidazole rings is 1. The first-order chi connectivity index (χ1) is 10.8. The average Bonchev–Trinajstić information content (AvgIpc) is 3.11. The summed E-state index contributed by atoms with van der Waals surface area (Å²) in [6, 6.07) is 10.7. The number of rotatable bonds is 5. The highest BCUT2D eigenvalue weighted by molar-refractivity contribution is 5.91. The SMILES string of the molecule is O=C(NC[C@@H](c1ccccc1)N1CCCCC1)c1cnc[nH]1. The molecule has 1 amide bonds. The number of nitrogens with one attached hydrogen (secondary N) is 2. The highest BCUT2D eigenvalue weighted by Gasteiger charge is 2.23. The number of carbonyl (C=O) groups excluding carboxylic acids is 1. The lowest BCUT2D eigenvalue weighted by Crippen LogP contribution is -2.40. The maximum Gasteiger partial charge on any atom is 0.269 e. The van der Waals surface area contributed by atoms with E-state index in [1.807, 2.05) is 6.07 Å². The van der Waals surface area contributed by atoms with Gasteiger partial charge in [0.05, 0.1) is 18.6 Å². The van der Waals surface area contributed by atoms with E-state index in [-0.39, 0.29) is 11.9 Å². The Morgan fingerprint density at radius 2 is 2.00 bits per heavy atom. The lowest BCUT2D eigenvalue weighted by atomic mass is 10.0. The summed E-state index contributed by atoms with van der Waals surface area (Å²) in [5, 5.41) is 3.03. The van der Waals surface area contributed by atoms with Crippen LogP contribution in [0.4, 0.5) is 0 Å². The second-order valence-electron chi connectivity index (χ2n) is 5.70. The van der Waals surface area contributed by atoms with Gasteiger partial charge >= 0.3 is 0 Å². The predicted molar refractivity (Wildman–Crippen MR) is 85.5 cm³/mol. The van der Waals surface area contributed by atoms with E-state index in [0.29, 0.717) is 12.2 Å². The van der Waals surface area contributed by atoms with Crippen LogP contribution in [0.15, 0.2) is 42.9 Å². The van der Waals surface area contributed by atoms with Crippen molar-refractivity contribution in [3.8, 4) is 0 Å².